The van der Waals surface area contributed by atoms with Gasteiger partial charge in [0.2, 0.25) is 10.0 Å². The lowest BCUT2D eigenvalue weighted by Crippen LogP contribution is -2.45. The number of carbonyl (C=O) groups is 1. The molecule has 1 fully saturated rings. The highest BCUT2D eigenvalue weighted by Gasteiger charge is 2.34. The highest BCUT2D eigenvalue weighted by Crippen LogP contribution is 2.28. The van der Waals surface area contributed by atoms with E-state index in [0.717, 1.165) is 31.0 Å². The van der Waals surface area contributed by atoms with Crippen molar-refractivity contribution in [1.82, 2.24) is 4.72 Å². The highest BCUT2D eigenvalue weighted by molar-refractivity contribution is 9.10. The molecular weight excluding hydrogens is 365 g/mol. The van der Waals surface area contributed by atoms with Crippen LogP contribution >= 0.6 is 15.9 Å². The van der Waals surface area contributed by atoms with Crippen LogP contribution in [0.4, 0.5) is 4.39 Å². The van der Waals surface area contributed by atoms with Crippen molar-refractivity contribution < 1.29 is 22.7 Å². The molecule has 0 heterocycles. The van der Waals surface area contributed by atoms with Crippen LogP contribution in [0, 0.1) is 11.7 Å². The van der Waals surface area contributed by atoms with Crippen molar-refractivity contribution in [3.05, 3.63) is 28.5 Å². The van der Waals surface area contributed by atoms with Gasteiger partial charge in [0.15, 0.2) is 0 Å². The predicted molar refractivity (Wildman–Crippen MR) is 77.8 cm³/mol. The Bertz CT molecular complexity index is 650. The first kappa shape index (κ1) is 16.4. The van der Waals surface area contributed by atoms with E-state index in [1.807, 2.05) is 0 Å². The molecule has 1 aromatic rings. The second-order valence-corrected chi connectivity index (χ2v) is 7.57. The van der Waals surface area contributed by atoms with Crippen molar-refractivity contribution in [2.45, 2.75) is 36.6 Å². The lowest BCUT2D eigenvalue weighted by molar-refractivity contribution is -0.143. The Kier molecular flexibility index (Phi) is 5.00. The number of carboxylic acid groups (broad SMARTS) is 1. The third-order valence-electron chi connectivity index (χ3n) is 3.57. The fourth-order valence-corrected chi connectivity index (χ4v) is 4.88. The Labute approximate surface area is 130 Å². The lowest BCUT2D eigenvalue weighted by atomic mass is 9.85. The first-order valence-electron chi connectivity index (χ1n) is 6.51. The summed E-state index contributed by atoms with van der Waals surface area (Å²) in [7, 11) is -3.90. The van der Waals surface area contributed by atoms with E-state index in [4.69, 9.17) is 0 Å². The van der Waals surface area contributed by atoms with Crippen LogP contribution in [0.15, 0.2) is 27.6 Å². The Balaban J connectivity index is 2.25. The van der Waals surface area contributed by atoms with Gasteiger partial charge in [0, 0.05) is 10.5 Å². The molecule has 2 N–H and O–H groups in total. The van der Waals surface area contributed by atoms with Gasteiger partial charge < -0.3 is 5.11 Å². The molecule has 1 aliphatic rings. The van der Waals surface area contributed by atoms with E-state index in [1.165, 1.54) is 0 Å². The molecule has 2 atom stereocenters. The second-order valence-electron chi connectivity index (χ2n) is 5.03. The van der Waals surface area contributed by atoms with Gasteiger partial charge >= 0.3 is 5.97 Å². The van der Waals surface area contributed by atoms with Crippen LogP contribution in [0.1, 0.15) is 25.7 Å². The molecule has 8 heteroatoms. The number of aliphatic carboxylic acids is 1. The van der Waals surface area contributed by atoms with Crippen molar-refractivity contribution in [3.63, 3.8) is 0 Å². The lowest BCUT2D eigenvalue weighted by Gasteiger charge is -2.29. The van der Waals surface area contributed by atoms with E-state index in [1.54, 1.807) is 0 Å². The number of rotatable bonds is 4. The second kappa shape index (κ2) is 6.41. The molecule has 1 aromatic carbocycles. The minimum absolute atomic E-state index is 0.0985. The Morgan fingerprint density at radius 3 is 2.62 bits per heavy atom. The molecule has 0 aromatic heterocycles. The summed E-state index contributed by atoms with van der Waals surface area (Å²) < 4.78 is 40.3. The van der Waals surface area contributed by atoms with Crippen molar-refractivity contribution in [2.75, 3.05) is 0 Å². The van der Waals surface area contributed by atoms with Gasteiger partial charge in [-0.25, -0.2) is 17.5 Å². The first-order chi connectivity index (χ1) is 9.81. The minimum atomic E-state index is -3.90. The molecule has 5 nitrogen and oxygen atoms in total. The van der Waals surface area contributed by atoms with Crippen LogP contribution in [0.2, 0.25) is 0 Å². The smallest absolute Gasteiger partial charge is 0.308 e. The van der Waals surface area contributed by atoms with E-state index in [9.17, 15) is 22.7 Å². The van der Waals surface area contributed by atoms with Crippen molar-refractivity contribution in [1.29, 1.82) is 0 Å². The standard InChI is InChI=1S/C13H15BrFNO4S/c14-10-7-8(15)5-6-12(10)21(19,20)16-11-4-2-1-3-9(11)13(17)18/h5-7,9,11,16H,1-4H2,(H,17,18). The Morgan fingerprint density at radius 1 is 1.33 bits per heavy atom. The van der Waals surface area contributed by atoms with Gasteiger partial charge in [0.25, 0.3) is 0 Å². The summed E-state index contributed by atoms with van der Waals surface area (Å²) >= 11 is 3.02. The summed E-state index contributed by atoms with van der Waals surface area (Å²) in [4.78, 5) is 11.1. The summed E-state index contributed by atoms with van der Waals surface area (Å²) in [6.07, 6.45) is 2.49. The third kappa shape index (κ3) is 3.81. The van der Waals surface area contributed by atoms with Crippen molar-refractivity contribution in [3.8, 4) is 0 Å². The van der Waals surface area contributed by atoms with Crippen LogP contribution in [0.3, 0.4) is 0 Å². The molecule has 0 amide bonds. The van der Waals surface area contributed by atoms with E-state index >= 15 is 0 Å². The SMILES string of the molecule is O=C(O)C1CCCCC1NS(=O)(=O)c1ccc(F)cc1Br. The number of hydrogen-bond donors (Lipinski definition) is 2. The molecule has 0 saturated heterocycles. The zero-order valence-corrected chi connectivity index (χ0v) is 13.5. The number of carboxylic acids is 1. The molecule has 0 spiro atoms. The third-order valence-corrected chi connectivity index (χ3v) is 6.04. The normalized spacial score (nSPS) is 23.0. The fourth-order valence-electron chi connectivity index (χ4n) is 2.52. The maximum Gasteiger partial charge on any atom is 0.308 e. The maximum atomic E-state index is 13.0. The number of nitrogens with one attached hydrogen (secondary N) is 1. The van der Waals surface area contributed by atoms with Gasteiger partial charge in [0.05, 0.1) is 10.8 Å². The zero-order valence-electron chi connectivity index (χ0n) is 11.1. The molecule has 2 unspecified atom stereocenters. The molecule has 0 aliphatic heterocycles. The largest absolute Gasteiger partial charge is 0.481 e. The van der Waals surface area contributed by atoms with E-state index in [0.29, 0.717) is 12.8 Å². The number of benzene rings is 1. The number of hydrogen-bond acceptors (Lipinski definition) is 3. The van der Waals surface area contributed by atoms with Gasteiger partial charge in [0.1, 0.15) is 5.82 Å². The molecule has 2 rings (SSSR count). The maximum absolute atomic E-state index is 13.0. The van der Waals surface area contributed by atoms with Crippen LogP contribution in [0.5, 0.6) is 0 Å². The Hall–Kier alpha value is -0.990. The highest BCUT2D eigenvalue weighted by atomic mass is 79.9. The number of halogens is 2. The van der Waals surface area contributed by atoms with Gasteiger partial charge in [-0.05, 0) is 47.0 Å². The average Bonchev–Trinajstić information content (AvgIpc) is 2.37. The van der Waals surface area contributed by atoms with Gasteiger partial charge in [-0.15, -0.1) is 0 Å². The Morgan fingerprint density at radius 2 is 2.00 bits per heavy atom. The van der Waals surface area contributed by atoms with E-state index in [-0.39, 0.29) is 9.37 Å². The minimum Gasteiger partial charge on any atom is -0.481 e. The molecule has 1 saturated carbocycles. The number of sulfonamides is 1. The zero-order chi connectivity index (χ0) is 15.6. The molecular formula is C13H15BrFNO4S. The summed E-state index contributed by atoms with van der Waals surface area (Å²) in [5, 5.41) is 9.17. The summed E-state index contributed by atoms with van der Waals surface area (Å²) in [5.74, 6) is -2.28. The first-order valence-corrected chi connectivity index (χ1v) is 8.79. The molecule has 0 bridgehead atoms. The fraction of sp³-hybridized carbons (Fsp3) is 0.462. The molecule has 0 radical (unpaired) electrons. The molecule has 1 aliphatic carbocycles. The summed E-state index contributed by atoms with van der Waals surface area (Å²) in [6.45, 7) is 0. The van der Waals surface area contributed by atoms with Crippen molar-refractivity contribution in [2.24, 2.45) is 5.92 Å². The quantitative estimate of drug-likeness (QED) is 0.841. The van der Waals surface area contributed by atoms with Crippen LogP contribution in [-0.4, -0.2) is 25.5 Å². The summed E-state index contributed by atoms with van der Waals surface area (Å²) in [6, 6.07) is 2.62. The van der Waals surface area contributed by atoms with Gasteiger partial charge in [-0.2, -0.15) is 0 Å². The summed E-state index contributed by atoms with van der Waals surface area (Å²) in [5.41, 5.74) is 0. The topological polar surface area (TPSA) is 83.5 Å². The molecule has 116 valence electrons. The predicted octanol–water partition coefficient (Wildman–Crippen LogP) is 2.51. The average molecular weight is 380 g/mol. The van der Waals surface area contributed by atoms with Crippen molar-refractivity contribution >= 4 is 31.9 Å². The van der Waals surface area contributed by atoms with Crippen LogP contribution in [0.25, 0.3) is 0 Å². The molecule has 21 heavy (non-hydrogen) atoms. The van der Waals surface area contributed by atoms with Crippen LogP contribution < -0.4 is 4.72 Å². The van der Waals surface area contributed by atoms with Gasteiger partial charge in [-0.1, -0.05) is 12.8 Å². The monoisotopic (exact) mass is 379 g/mol. The van der Waals surface area contributed by atoms with E-state index in [2.05, 4.69) is 20.7 Å². The van der Waals surface area contributed by atoms with E-state index < -0.39 is 33.8 Å². The van der Waals surface area contributed by atoms with Crippen LogP contribution in [-0.2, 0) is 14.8 Å². The van der Waals surface area contributed by atoms with Gasteiger partial charge in [-0.3, -0.25) is 4.79 Å².